The molecule has 1 heterocycles. The number of nitrogens with zero attached hydrogens (tertiary/aromatic N) is 2. The maximum Gasteiger partial charge on any atom is 0.234 e. The Morgan fingerprint density at radius 3 is 2.54 bits per heavy atom. The maximum absolute atomic E-state index is 12.4. The number of anilines is 1. The SMILES string of the molecule is Cc1cccc(N2CCN(CC(=O)NC(C)c3cccc(Cl)c3)CC2)c1. The highest BCUT2D eigenvalue weighted by molar-refractivity contribution is 6.30. The van der Waals surface area contributed by atoms with Crippen LogP contribution < -0.4 is 10.2 Å². The Morgan fingerprint density at radius 2 is 1.85 bits per heavy atom. The summed E-state index contributed by atoms with van der Waals surface area (Å²) in [5.74, 6) is 0.0569. The van der Waals surface area contributed by atoms with Crippen LogP contribution in [0.5, 0.6) is 0 Å². The number of nitrogens with one attached hydrogen (secondary N) is 1. The van der Waals surface area contributed by atoms with Gasteiger partial charge in [-0.25, -0.2) is 0 Å². The van der Waals surface area contributed by atoms with E-state index in [1.165, 1.54) is 11.3 Å². The van der Waals surface area contributed by atoms with E-state index >= 15 is 0 Å². The van der Waals surface area contributed by atoms with Gasteiger partial charge in [0.1, 0.15) is 0 Å². The van der Waals surface area contributed by atoms with Crippen LogP contribution in [0, 0.1) is 6.92 Å². The molecule has 0 aliphatic carbocycles. The fraction of sp³-hybridized carbons (Fsp3) is 0.381. The average molecular weight is 372 g/mol. The minimum Gasteiger partial charge on any atom is -0.369 e. The first-order valence-electron chi connectivity index (χ1n) is 9.10. The predicted octanol–water partition coefficient (Wildman–Crippen LogP) is 3.65. The number of benzene rings is 2. The molecular formula is C21H26ClN3O. The lowest BCUT2D eigenvalue weighted by Gasteiger charge is -2.36. The number of aryl methyl sites for hydroxylation is 1. The first-order chi connectivity index (χ1) is 12.5. The molecule has 4 nitrogen and oxygen atoms in total. The maximum atomic E-state index is 12.4. The third-order valence-electron chi connectivity index (χ3n) is 4.83. The molecule has 1 N–H and O–H groups in total. The van der Waals surface area contributed by atoms with Gasteiger partial charge in [-0.1, -0.05) is 35.9 Å². The second-order valence-electron chi connectivity index (χ2n) is 6.95. The van der Waals surface area contributed by atoms with Crippen LogP contribution in [0.3, 0.4) is 0 Å². The van der Waals surface area contributed by atoms with Gasteiger partial charge in [0.05, 0.1) is 12.6 Å². The molecule has 1 fully saturated rings. The molecule has 1 amide bonds. The Labute approximate surface area is 160 Å². The molecule has 5 heteroatoms. The van der Waals surface area contributed by atoms with Crippen LogP contribution in [-0.4, -0.2) is 43.5 Å². The van der Waals surface area contributed by atoms with Crippen molar-refractivity contribution in [1.29, 1.82) is 0 Å². The normalized spacial score (nSPS) is 16.3. The molecule has 138 valence electrons. The van der Waals surface area contributed by atoms with E-state index in [1.807, 2.05) is 31.2 Å². The summed E-state index contributed by atoms with van der Waals surface area (Å²) < 4.78 is 0. The van der Waals surface area contributed by atoms with Crippen molar-refractivity contribution in [2.75, 3.05) is 37.6 Å². The van der Waals surface area contributed by atoms with Crippen molar-refractivity contribution in [2.24, 2.45) is 0 Å². The number of carbonyl (C=O) groups is 1. The molecule has 0 radical (unpaired) electrons. The summed E-state index contributed by atoms with van der Waals surface area (Å²) in [5.41, 5.74) is 3.57. The van der Waals surface area contributed by atoms with Crippen LogP contribution in [0.4, 0.5) is 5.69 Å². The van der Waals surface area contributed by atoms with Crippen LogP contribution in [0.2, 0.25) is 5.02 Å². The zero-order valence-electron chi connectivity index (χ0n) is 15.4. The van der Waals surface area contributed by atoms with Gasteiger partial charge < -0.3 is 10.2 Å². The second-order valence-corrected chi connectivity index (χ2v) is 7.38. The summed E-state index contributed by atoms with van der Waals surface area (Å²) in [6.45, 7) is 8.22. The van der Waals surface area contributed by atoms with Gasteiger partial charge >= 0.3 is 0 Å². The fourth-order valence-electron chi connectivity index (χ4n) is 3.34. The highest BCUT2D eigenvalue weighted by Gasteiger charge is 2.20. The number of halogens is 1. The van der Waals surface area contributed by atoms with Crippen molar-refractivity contribution in [3.05, 3.63) is 64.7 Å². The van der Waals surface area contributed by atoms with Crippen LogP contribution in [0.15, 0.2) is 48.5 Å². The summed E-state index contributed by atoms with van der Waals surface area (Å²) in [6.07, 6.45) is 0. The van der Waals surface area contributed by atoms with Gasteiger partial charge in [0.15, 0.2) is 0 Å². The van der Waals surface area contributed by atoms with E-state index < -0.39 is 0 Å². The Balaban J connectivity index is 1.47. The zero-order valence-corrected chi connectivity index (χ0v) is 16.2. The van der Waals surface area contributed by atoms with E-state index in [2.05, 4.69) is 46.3 Å². The third kappa shape index (κ3) is 4.99. The zero-order chi connectivity index (χ0) is 18.5. The smallest absolute Gasteiger partial charge is 0.234 e. The molecule has 0 saturated carbocycles. The first kappa shape index (κ1) is 18.7. The van der Waals surface area contributed by atoms with Crippen molar-refractivity contribution in [3.8, 4) is 0 Å². The lowest BCUT2D eigenvalue weighted by Crippen LogP contribution is -2.49. The lowest BCUT2D eigenvalue weighted by molar-refractivity contribution is -0.123. The topological polar surface area (TPSA) is 35.6 Å². The molecule has 1 unspecified atom stereocenters. The van der Waals surface area contributed by atoms with Crippen molar-refractivity contribution >= 4 is 23.2 Å². The van der Waals surface area contributed by atoms with Gasteiger partial charge in [0, 0.05) is 36.9 Å². The standard InChI is InChI=1S/C21H26ClN3O/c1-16-5-3-8-20(13-16)25-11-9-24(10-12-25)15-21(26)23-17(2)18-6-4-7-19(22)14-18/h3-8,13-14,17H,9-12,15H2,1-2H3,(H,23,26). The van der Waals surface area contributed by atoms with E-state index in [-0.39, 0.29) is 11.9 Å². The molecule has 0 spiro atoms. The summed E-state index contributed by atoms with van der Waals surface area (Å²) in [7, 11) is 0. The molecule has 3 rings (SSSR count). The number of hydrogen-bond acceptors (Lipinski definition) is 3. The van der Waals surface area contributed by atoms with Gasteiger partial charge in [0.2, 0.25) is 5.91 Å². The monoisotopic (exact) mass is 371 g/mol. The van der Waals surface area contributed by atoms with E-state index in [0.29, 0.717) is 11.6 Å². The van der Waals surface area contributed by atoms with E-state index in [4.69, 9.17) is 11.6 Å². The number of carbonyl (C=O) groups excluding carboxylic acids is 1. The molecule has 1 saturated heterocycles. The second kappa shape index (κ2) is 8.56. The summed E-state index contributed by atoms with van der Waals surface area (Å²) in [5, 5.41) is 3.76. The molecule has 1 atom stereocenters. The van der Waals surface area contributed by atoms with E-state index in [1.54, 1.807) is 0 Å². The summed E-state index contributed by atoms with van der Waals surface area (Å²) in [4.78, 5) is 17.0. The minimum absolute atomic E-state index is 0.0465. The Morgan fingerprint density at radius 1 is 1.12 bits per heavy atom. The van der Waals surface area contributed by atoms with Gasteiger partial charge in [0.25, 0.3) is 0 Å². The van der Waals surface area contributed by atoms with Crippen molar-refractivity contribution in [2.45, 2.75) is 19.9 Å². The number of piperazine rings is 1. The molecule has 2 aromatic rings. The van der Waals surface area contributed by atoms with Crippen LogP contribution in [0.1, 0.15) is 24.1 Å². The molecule has 2 aromatic carbocycles. The fourth-order valence-corrected chi connectivity index (χ4v) is 3.54. The number of amides is 1. The number of rotatable bonds is 5. The van der Waals surface area contributed by atoms with Crippen LogP contribution in [-0.2, 0) is 4.79 Å². The summed E-state index contributed by atoms with van der Waals surface area (Å²) >= 11 is 6.03. The largest absolute Gasteiger partial charge is 0.369 e. The predicted molar refractivity (Wildman–Crippen MR) is 108 cm³/mol. The summed E-state index contributed by atoms with van der Waals surface area (Å²) in [6, 6.07) is 16.2. The highest BCUT2D eigenvalue weighted by Crippen LogP contribution is 2.19. The van der Waals surface area contributed by atoms with Crippen molar-refractivity contribution in [3.63, 3.8) is 0 Å². The van der Waals surface area contributed by atoms with Crippen LogP contribution in [0.25, 0.3) is 0 Å². The minimum atomic E-state index is -0.0465. The van der Waals surface area contributed by atoms with E-state index in [9.17, 15) is 4.79 Å². The Bertz CT molecular complexity index is 756. The Kier molecular flexibility index (Phi) is 6.17. The molecule has 1 aliphatic rings. The van der Waals surface area contributed by atoms with Gasteiger partial charge in [-0.2, -0.15) is 0 Å². The van der Waals surface area contributed by atoms with Crippen molar-refractivity contribution in [1.82, 2.24) is 10.2 Å². The van der Waals surface area contributed by atoms with Gasteiger partial charge in [-0.3, -0.25) is 9.69 Å². The highest BCUT2D eigenvalue weighted by atomic mass is 35.5. The third-order valence-corrected chi connectivity index (χ3v) is 5.07. The molecule has 0 bridgehead atoms. The lowest BCUT2D eigenvalue weighted by atomic mass is 10.1. The quantitative estimate of drug-likeness (QED) is 0.871. The molecular weight excluding hydrogens is 346 g/mol. The van der Waals surface area contributed by atoms with Gasteiger partial charge in [-0.05, 0) is 49.2 Å². The molecule has 0 aromatic heterocycles. The van der Waals surface area contributed by atoms with Crippen molar-refractivity contribution < 1.29 is 4.79 Å². The average Bonchev–Trinajstić information content (AvgIpc) is 2.62. The Hall–Kier alpha value is -2.04. The van der Waals surface area contributed by atoms with Gasteiger partial charge in [-0.15, -0.1) is 0 Å². The van der Waals surface area contributed by atoms with E-state index in [0.717, 1.165) is 31.7 Å². The first-order valence-corrected chi connectivity index (χ1v) is 9.48. The van der Waals surface area contributed by atoms with Crippen LogP contribution >= 0.6 is 11.6 Å². The molecule has 26 heavy (non-hydrogen) atoms. The number of hydrogen-bond donors (Lipinski definition) is 1. The molecule has 1 aliphatic heterocycles.